The van der Waals surface area contributed by atoms with E-state index in [0.29, 0.717) is 9.90 Å². The van der Waals surface area contributed by atoms with Gasteiger partial charge >= 0.3 is 0 Å². The molecule has 1 aromatic carbocycles. The van der Waals surface area contributed by atoms with E-state index >= 15 is 0 Å². The second-order valence-corrected chi connectivity index (χ2v) is 9.45. The molecule has 0 bridgehead atoms. The maximum Gasteiger partial charge on any atom is 0.253 e. The van der Waals surface area contributed by atoms with Gasteiger partial charge in [0.25, 0.3) is 15.9 Å². The number of halogens is 1. The molecule has 24 heavy (non-hydrogen) atoms. The maximum absolute atomic E-state index is 12.9. The number of carbonyl (C=O) groups excluding carboxylic acids is 1. The summed E-state index contributed by atoms with van der Waals surface area (Å²) in [6.45, 7) is 0.288. The number of thiophene rings is 1. The van der Waals surface area contributed by atoms with Gasteiger partial charge in [0.05, 0.1) is 4.34 Å². The molecule has 0 atom stereocenters. The van der Waals surface area contributed by atoms with E-state index in [1.54, 1.807) is 43.4 Å². The van der Waals surface area contributed by atoms with Crippen LogP contribution in [0, 0.1) is 0 Å². The molecule has 3 rings (SSSR count). The van der Waals surface area contributed by atoms with Crippen molar-refractivity contribution in [3.05, 3.63) is 51.9 Å². The van der Waals surface area contributed by atoms with Gasteiger partial charge in [0.2, 0.25) is 0 Å². The average molecular weight is 385 g/mol. The molecule has 1 aliphatic rings. The first-order valence-corrected chi connectivity index (χ1v) is 10.1. The highest BCUT2D eigenvalue weighted by atomic mass is 35.5. The van der Waals surface area contributed by atoms with E-state index in [0.717, 1.165) is 29.7 Å². The first-order chi connectivity index (χ1) is 11.4. The molecule has 1 saturated carbocycles. The SMILES string of the molecule is CNC(=O)c1ccc(CN(C2CC2)S(=O)(=O)c2ccc(Cl)s2)cc1. The zero-order valence-corrected chi connectivity index (χ0v) is 15.4. The number of sulfonamides is 1. The van der Waals surface area contributed by atoms with Gasteiger partial charge in [-0.25, -0.2) is 8.42 Å². The van der Waals surface area contributed by atoms with Gasteiger partial charge in [0.15, 0.2) is 0 Å². The number of hydrogen-bond acceptors (Lipinski definition) is 4. The highest BCUT2D eigenvalue weighted by Crippen LogP contribution is 2.36. The van der Waals surface area contributed by atoms with Crippen molar-refractivity contribution >= 4 is 38.9 Å². The fraction of sp³-hybridized carbons (Fsp3) is 0.312. The fourth-order valence-electron chi connectivity index (χ4n) is 2.41. The molecule has 128 valence electrons. The summed E-state index contributed by atoms with van der Waals surface area (Å²) >= 11 is 6.96. The molecule has 1 fully saturated rings. The molecule has 5 nitrogen and oxygen atoms in total. The molecule has 1 aliphatic carbocycles. The monoisotopic (exact) mass is 384 g/mol. The predicted molar refractivity (Wildman–Crippen MR) is 94.9 cm³/mol. The lowest BCUT2D eigenvalue weighted by Gasteiger charge is -2.21. The minimum Gasteiger partial charge on any atom is -0.355 e. The molecule has 2 aromatic rings. The zero-order valence-electron chi connectivity index (χ0n) is 13.0. The second-order valence-electron chi connectivity index (χ2n) is 5.62. The van der Waals surface area contributed by atoms with Crippen LogP contribution < -0.4 is 5.32 Å². The summed E-state index contributed by atoms with van der Waals surface area (Å²) in [5.74, 6) is -0.165. The lowest BCUT2D eigenvalue weighted by atomic mass is 10.1. The van der Waals surface area contributed by atoms with E-state index in [2.05, 4.69) is 5.32 Å². The number of benzene rings is 1. The summed E-state index contributed by atoms with van der Waals surface area (Å²) in [5, 5.41) is 2.56. The zero-order chi connectivity index (χ0) is 17.3. The number of hydrogen-bond donors (Lipinski definition) is 1. The number of amides is 1. The van der Waals surface area contributed by atoms with Gasteiger partial charge in [-0.3, -0.25) is 4.79 Å². The quantitative estimate of drug-likeness (QED) is 0.832. The van der Waals surface area contributed by atoms with Gasteiger partial charge < -0.3 is 5.32 Å². The highest BCUT2D eigenvalue weighted by molar-refractivity contribution is 7.91. The fourth-order valence-corrected chi connectivity index (χ4v) is 5.70. The van der Waals surface area contributed by atoms with Crippen molar-refractivity contribution in [2.75, 3.05) is 7.05 Å². The lowest BCUT2D eigenvalue weighted by Crippen LogP contribution is -2.32. The normalized spacial score (nSPS) is 14.8. The van der Waals surface area contributed by atoms with Crippen LogP contribution in [0.1, 0.15) is 28.8 Å². The Balaban J connectivity index is 1.83. The van der Waals surface area contributed by atoms with E-state index in [1.807, 2.05) is 0 Å². The van der Waals surface area contributed by atoms with E-state index in [9.17, 15) is 13.2 Å². The molecule has 0 saturated heterocycles. The topological polar surface area (TPSA) is 66.5 Å². The van der Waals surface area contributed by atoms with Crippen LogP contribution in [0.5, 0.6) is 0 Å². The van der Waals surface area contributed by atoms with Crippen LogP contribution >= 0.6 is 22.9 Å². The van der Waals surface area contributed by atoms with Gasteiger partial charge in [-0.2, -0.15) is 4.31 Å². The van der Waals surface area contributed by atoms with Crippen LogP contribution in [0.15, 0.2) is 40.6 Å². The molecule has 0 unspecified atom stereocenters. The summed E-state index contributed by atoms with van der Waals surface area (Å²) in [7, 11) is -1.98. The van der Waals surface area contributed by atoms with Gasteiger partial charge in [-0.15, -0.1) is 11.3 Å². The Bertz CT molecular complexity index is 842. The predicted octanol–water partition coefficient (Wildman–Crippen LogP) is 3.11. The molecule has 1 amide bonds. The third-order valence-electron chi connectivity index (χ3n) is 3.85. The summed E-state index contributed by atoms with van der Waals surface area (Å²) in [4.78, 5) is 11.6. The van der Waals surface area contributed by atoms with Crippen LogP contribution in [-0.4, -0.2) is 31.7 Å². The first-order valence-electron chi connectivity index (χ1n) is 7.50. The van der Waals surface area contributed by atoms with Gasteiger partial charge in [0, 0.05) is 25.2 Å². The molecule has 1 N–H and O–H groups in total. The van der Waals surface area contributed by atoms with Crippen LogP contribution in [0.4, 0.5) is 0 Å². The summed E-state index contributed by atoms with van der Waals surface area (Å²) < 4.78 is 28.0. The Kier molecular flexibility index (Phi) is 4.96. The van der Waals surface area contributed by atoms with Crippen molar-refractivity contribution in [3.8, 4) is 0 Å². The van der Waals surface area contributed by atoms with Gasteiger partial charge in [0.1, 0.15) is 4.21 Å². The number of nitrogens with zero attached hydrogens (tertiary/aromatic N) is 1. The first kappa shape index (κ1) is 17.4. The van der Waals surface area contributed by atoms with Crippen molar-refractivity contribution in [1.82, 2.24) is 9.62 Å². The maximum atomic E-state index is 12.9. The molecule has 8 heteroatoms. The molecular weight excluding hydrogens is 368 g/mol. The summed E-state index contributed by atoms with van der Waals surface area (Å²) in [5.41, 5.74) is 1.40. The van der Waals surface area contributed by atoms with Gasteiger partial charge in [-0.1, -0.05) is 23.7 Å². The molecule has 1 heterocycles. The Hall–Kier alpha value is -1.41. The van der Waals surface area contributed by atoms with Crippen LogP contribution in [0.2, 0.25) is 4.34 Å². The molecule has 0 spiro atoms. The number of carbonyl (C=O) groups is 1. The van der Waals surface area contributed by atoms with Crippen molar-refractivity contribution < 1.29 is 13.2 Å². The van der Waals surface area contributed by atoms with Crippen LogP contribution in [0.25, 0.3) is 0 Å². The molecular formula is C16H17ClN2O3S2. The number of nitrogens with one attached hydrogen (secondary N) is 1. The minimum absolute atomic E-state index is 0.0366. The third kappa shape index (κ3) is 3.64. The minimum atomic E-state index is -3.56. The van der Waals surface area contributed by atoms with Crippen molar-refractivity contribution in [3.63, 3.8) is 0 Å². The Morgan fingerprint density at radius 3 is 2.42 bits per heavy atom. The smallest absolute Gasteiger partial charge is 0.253 e. The second kappa shape index (κ2) is 6.84. The average Bonchev–Trinajstić information content (AvgIpc) is 3.32. The third-order valence-corrected chi connectivity index (χ3v) is 7.44. The standard InChI is InChI=1S/C16H17ClN2O3S2/c1-18-16(20)12-4-2-11(3-5-12)10-19(13-6-7-13)24(21,22)15-9-8-14(17)23-15/h2-5,8-9,13H,6-7,10H2,1H3,(H,18,20). The summed E-state index contributed by atoms with van der Waals surface area (Å²) in [6, 6.07) is 10.2. The van der Waals surface area contributed by atoms with Crippen molar-refractivity contribution in [2.45, 2.75) is 29.6 Å². The van der Waals surface area contributed by atoms with Crippen LogP contribution in [0.3, 0.4) is 0 Å². The Morgan fingerprint density at radius 2 is 1.92 bits per heavy atom. The van der Waals surface area contributed by atoms with E-state index in [4.69, 9.17) is 11.6 Å². The van der Waals surface area contributed by atoms with E-state index in [-0.39, 0.29) is 22.7 Å². The largest absolute Gasteiger partial charge is 0.355 e. The summed E-state index contributed by atoms with van der Waals surface area (Å²) in [6.07, 6.45) is 1.74. The highest BCUT2D eigenvalue weighted by Gasteiger charge is 2.38. The Morgan fingerprint density at radius 1 is 1.25 bits per heavy atom. The van der Waals surface area contributed by atoms with Crippen molar-refractivity contribution in [2.24, 2.45) is 0 Å². The van der Waals surface area contributed by atoms with Crippen molar-refractivity contribution in [1.29, 1.82) is 0 Å². The van der Waals surface area contributed by atoms with E-state index < -0.39 is 10.0 Å². The molecule has 1 aromatic heterocycles. The molecule has 0 radical (unpaired) electrons. The lowest BCUT2D eigenvalue weighted by molar-refractivity contribution is 0.0963. The van der Waals surface area contributed by atoms with Gasteiger partial charge in [-0.05, 0) is 42.7 Å². The van der Waals surface area contributed by atoms with E-state index in [1.165, 1.54) is 4.31 Å². The Labute approximate surface area is 150 Å². The van der Waals surface area contributed by atoms with Crippen LogP contribution in [-0.2, 0) is 16.6 Å². The molecule has 0 aliphatic heterocycles. The number of rotatable bonds is 6.